The van der Waals surface area contributed by atoms with Crippen molar-refractivity contribution in [1.82, 2.24) is 9.36 Å². The van der Waals surface area contributed by atoms with Crippen LogP contribution in [0.1, 0.15) is 5.69 Å². The maximum absolute atomic E-state index is 14.1. The first kappa shape index (κ1) is 21.3. The van der Waals surface area contributed by atoms with Crippen LogP contribution in [-0.4, -0.2) is 36.5 Å². The number of hydrogen-bond acceptors (Lipinski definition) is 4. The van der Waals surface area contributed by atoms with Gasteiger partial charge in [-0.1, -0.05) is 30.3 Å². The number of para-hydroxylation sites is 2. The number of nitrogens with one attached hydrogen (secondary N) is 1. The van der Waals surface area contributed by atoms with Crippen LogP contribution in [0.4, 0.5) is 15.8 Å². The summed E-state index contributed by atoms with van der Waals surface area (Å²) >= 11 is 0. The highest BCUT2D eigenvalue weighted by atomic mass is 32.2. The third-order valence-electron chi connectivity index (χ3n) is 4.63. The Balaban J connectivity index is 1.93. The number of nitrogens with zero attached hydrogens (tertiary/aromatic N) is 3. The summed E-state index contributed by atoms with van der Waals surface area (Å²) in [4.78, 5) is 25.5. The van der Waals surface area contributed by atoms with Crippen molar-refractivity contribution >= 4 is 27.3 Å². The van der Waals surface area contributed by atoms with Crippen LogP contribution in [0.25, 0.3) is 5.69 Å². The van der Waals surface area contributed by atoms with E-state index in [0.29, 0.717) is 15.7 Å². The number of rotatable bonds is 6. The van der Waals surface area contributed by atoms with Crippen molar-refractivity contribution in [3.8, 4) is 5.69 Å². The van der Waals surface area contributed by atoms with Crippen molar-refractivity contribution in [3.05, 3.63) is 76.5 Å². The van der Waals surface area contributed by atoms with E-state index in [1.165, 1.54) is 22.9 Å². The monoisotopic (exact) mass is 432 g/mol. The molecule has 0 fully saturated rings. The zero-order valence-electron chi connectivity index (χ0n) is 16.7. The Morgan fingerprint density at radius 1 is 1.10 bits per heavy atom. The van der Waals surface area contributed by atoms with Crippen molar-refractivity contribution in [2.45, 2.75) is 6.92 Å². The number of carbonyl (C=O) groups excluding carboxylic acids is 1. The maximum Gasteiger partial charge on any atom is 0.295 e. The minimum Gasteiger partial charge on any atom is -0.318 e. The van der Waals surface area contributed by atoms with E-state index < -0.39 is 33.9 Å². The smallest absolute Gasteiger partial charge is 0.295 e. The molecule has 0 saturated heterocycles. The molecule has 0 aliphatic carbocycles. The molecule has 0 saturated carbocycles. The summed E-state index contributed by atoms with van der Waals surface area (Å²) in [6.45, 7) is 0.973. The number of sulfonamides is 1. The number of aromatic nitrogens is 2. The van der Waals surface area contributed by atoms with Crippen molar-refractivity contribution < 1.29 is 17.6 Å². The van der Waals surface area contributed by atoms with E-state index in [0.717, 1.165) is 12.3 Å². The average Bonchev–Trinajstić information content (AvgIpc) is 2.90. The van der Waals surface area contributed by atoms with Crippen molar-refractivity contribution in [3.63, 3.8) is 0 Å². The van der Waals surface area contributed by atoms with Crippen LogP contribution in [0.5, 0.6) is 0 Å². The van der Waals surface area contributed by atoms with Gasteiger partial charge in [-0.3, -0.25) is 18.6 Å². The number of benzene rings is 2. The molecule has 10 heteroatoms. The quantitative estimate of drug-likeness (QED) is 0.645. The van der Waals surface area contributed by atoms with Gasteiger partial charge in [0.15, 0.2) is 0 Å². The van der Waals surface area contributed by atoms with Crippen LogP contribution in [0.3, 0.4) is 0 Å². The highest BCUT2D eigenvalue weighted by Crippen LogP contribution is 2.21. The van der Waals surface area contributed by atoms with Crippen LogP contribution in [0.15, 0.2) is 59.4 Å². The van der Waals surface area contributed by atoms with Gasteiger partial charge in [-0.2, -0.15) is 0 Å². The fraction of sp³-hybridized carbons (Fsp3) is 0.200. The second-order valence-electron chi connectivity index (χ2n) is 6.71. The molecule has 3 aromatic rings. The molecule has 0 bridgehead atoms. The first-order valence-corrected chi connectivity index (χ1v) is 10.8. The SMILES string of the molecule is Cc1c(NC(=O)CN(c2ccccc2F)S(C)(=O)=O)c(=O)n(-c2ccccc2)n1C. The maximum atomic E-state index is 14.1. The van der Waals surface area contributed by atoms with Gasteiger partial charge in [0.25, 0.3) is 5.56 Å². The van der Waals surface area contributed by atoms with Crippen LogP contribution in [0.2, 0.25) is 0 Å². The topological polar surface area (TPSA) is 93.4 Å². The number of anilines is 2. The van der Waals surface area contributed by atoms with Gasteiger partial charge >= 0.3 is 0 Å². The average molecular weight is 432 g/mol. The lowest BCUT2D eigenvalue weighted by Gasteiger charge is -2.22. The zero-order chi connectivity index (χ0) is 22.1. The largest absolute Gasteiger partial charge is 0.318 e. The summed E-state index contributed by atoms with van der Waals surface area (Å²) in [6.07, 6.45) is 0.878. The Bertz CT molecular complexity index is 1250. The van der Waals surface area contributed by atoms with E-state index >= 15 is 0 Å². The predicted octanol–water partition coefficient (Wildman–Crippen LogP) is 2.03. The fourth-order valence-electron chi connectivity index (χ4n) is 3.06. The van der Waals surface area contributed by atoms with Crippen LogP contribution in [-0.2, 0) is 21.9 Å². The second kappa shape index (κ2) is 8.15. The van der Waals surface area contributed by atoms with Crippen molar-refractivity contribution in [2.24, 2.45) is 7.05 Å². The van der Waals surface area contributed by atoms with E-state index in [-0.39, 0.29) is 11.4 Å². The van der Waals surface area contributed by atoms with Crippen molar-refractivity contribution in [2.75, 3.05) is 22.4 Å². The third kappa shape index (κ3) is 4.13. The molecule has 2 aromatic carbocycles. The van der Waals surface area contributed by atoms with Gasteiger partial charge in [-0.15, -0.1) is 0 Å². The number of amides is 1. The molecule has 3 rings (SSSR count). The van der Waals surface area contributed by atoms with Gasteiger partial charge < -0.3 is 5.32 Å². The van der Waals surface area contributed by atoms with Gasteiger partial charge in [0.05, 0.1) is 23.3 Å². The van der Waals surface area contributed by atoms with Crippen LogP contribution >= 0.6 is 0 Å². The van der Waals surface area contributed by atoms with Crippen LogP contribution in [0, 0.1) is 12.7 Å². The second-order valence-corrected chi connectivity index (χ2v) is 8.61. The molecule has 0 unspecified atom stereocenters. The standard InChI is InChI=1S/C20H21FN4O4S/c1-14-19(20(27)25(23(14)2)15-9-5-4-6-10-15)22-18(26)13-24(30(3,28)29)17-12-8-7-11-16(17)21/h4-12H,13H2,1-3H3,(H,22,26). The molecule has 1 heterocycles. The van der Waals surface area contributed by atoms with E-state index in [1.807, 2.05) is 6.07 Å². The first-order chi connectivity index (χ1) is 14.1. The number of halogens is 1. The van der Waals surface area contributed by atoms with Gasteiger partial charge in [-0.25, -0.2) is 17.5 Å². The summed E-state index contributed by atoms with van der Waals surface area (Å²) < 4.78 is 42.1. The van der Waals surface area contributed by atoms with E-state index in [1.54, 1.807) is 42.9 Å². The molecule has 1 amide bonds. The summed E-state index contributed by atoms with van der Waals surface area (Å²) in [6, 6.07) is 14.1. The molecule has 8 nitrogen and oxygen atoms in total. The molecule has 0 aliphatic heterocycles. The predicted molar refractivity (Wildman–Crippen MR) is 113 cm³/mol. The number of carbonyl (C=O) groups is 1. The molecule has 1 N–H and O–H groups in total. The summed E-state index contributed by atoms with van der Waals surface area (Å²) in [5.41, 5.74) is 0.396. The summed E-state index contributed by atoms with van der Waals surface area (Å²) in [7, 11) is -2.28. The molecule has 0 aliphatic rings. The highest BCUT2D eigenvalue weighted by molar-refractivity contribution is 7.92. The molecular formula is C20H21FN4O4S. The van der Waals surface area contributed by atoms with Gasteiger partial charge in [0, 0.05) is 7.05 Å². The van der Waals surface area contributed by atoms with Crippen molar-refractivity contribution in [1.29, 1.82) is 0 Å². The Kier molecular flexibility index (Phi) is 5.79. The number of hydrogen-bond donors (Lipinski definition) is 1. The lowest BCUT2D eigenvalue weighted by molar-refractivity contribution is -0.114. The molecule has 0 atom stereocenters. The molecule has 1 aromatic heterocycles. The summed E-state index contributed by atoms with van der Waals surface area (Å²) in [5, 5.41) is 2.48. The summed E-state index contributed by atoms with van der Waals surface area (Å²) in [5.74, 6) is -1.55. The molecular weight excluding hydrogens is 411 g/mol. The van der Waals surface area contributed by atoms with E-state index in [2.05, 4.69) is 5.32 Å². The zero-order valence-corrected chi connectivity index (χ0v) is 17.5. The Morgan fingerprint density at radius 3 is 2.30 bits per heavy atom. The molecule has 0 spiro atoms. The molecule has 158 valence electrons. The first-order valence-electron chi connectivity index (χ1n) is 8.97. The minimum absolute atomic E-state index is 0.0216. The Morgan fingerprint density at radius 2 is 1.70 bits per heavy atom. The van der Waals surface area contributed by atoms with Gasteiger partial charge in [0.2, 0.25) is 15.9 Å². The van der Waals surface area contributed by atoms with E-state index in [9.17, 15) is 22.4 Å². The normalized spacial score (nSPS) is 11.3. The lowest BCUT2D eigenvalue weighted by atomic mass is 10.3. The minimum atomic E-state index is -3.95. The fourth-order valence-corrected chi connectivity index (χ4v) is 3.91. The van der Waals surface area contributed by atoms with Gasteiger partial charge in [0.1, 0.15) is 18.0 Å². The highest BCUT2D eigenvalue weighted by Gasteiger charge is 2.25. The Hall–Kier alpha value is -3.40. The van der Waals surface area contributed by atoms with E-state index in [4.69, 9.17) is 0 Å². The lowest BCUT2D eigenvalue weighted by Crippen LogP contribution is -2.38. The molecule has 0 radical (unpaired) electrons. The van der Waals surface area contributed by atoms with Gasteiger partial charge in [-0.05, 0) is 31.2 Å². The molecule has 30 heavy (non-hydrogen) atoms. The van der Waals surface area contributed by atoms with Crippen LogP contribution < -0.4 is 15.2 Å². The third-order valence-corrected chi connectivity index (χ3v) is 5.75. The Labute approximate surface area is 173 Å².